The van der Waals surface area contributed by atoms with Crippen molar-refractivity contribution in [2.75, 3.05) is 5.73 Å². The van der Waals surface area contributed by atoms with E-state index in [1.54, 1.807) is 12.1 Å². The van der Waals surface area contributed by atoms with Crippen LogP contribution in [0.4, 0.5) is 5.69 Å². The first kappa shape index (κ1) is 7.55. The topological polar surface area (TPSA) is 62.7 Å². The Morgan fingerprint density at radius 2 is 2.36 bits per heavy atom. The van der Waals surface area contributed by atoms with E-state index in [0.717, 1.165) is 11.4 Å². The van der Waals surface area contributed by atoms with Gasteiger partial charge in [0.25, 0.3) is 0 Å². The zero-order valence-electron chi connectivity index (χ0n) is 6.33. The van der Waals surface area contributed by atoms with Gasteiger partial charge in [-0.2, -0.15) is 5.26 Å². The van der Waals surface area contributed by atoms with Crippen molar-refractivity contribution in [3.05, 3.63) is 23.5 Å². The average molecular weight is 147 g/mol. The molecule has 0 spiro atoms. The molecule has 3 heteroatoms. The second kappa shape index (κ2) is 3.02. The van der Waals surface area contributed by atoms with Gasteiger partial charge < -0.3 is 5.73 Å². The molecule has 0 atom stereocenters. The fraction of sp³-hybridized carbons (Fsp3) is 0.250. The molecule has 1 rings (SSSR count). The van der Waals surface area contributed by atoms with Gasteiger partial charge in [0.2, 0.25) is 0 Å². The monoisotopic (exact) mass is 147 g/mol. The Kier molecular flexibility index (Phi) is 2.07. The van der Waals surface area contributed by atoms with Crippen molar-refractivity contribution in [3.8, 4) is 6.07 Å². The van der Waals surface area contributed by atoms with Gasteiger partial charge in [0.15, 0.2) is 0 Å². The van der Waals surface area contributed by atoms with E-state index in [4.69, 9.17) is 11.0 Å². The van der Waals surface area contributed by atoms with Crippen molar-refractivity contribution < 1.29 is 0 Å². The van der Waals surface area contributed by atoms with Gasteiger partial charge in [-0.1, -0.05) is 0 Å². The van der Waals surface area contributed by atoms with Gasteiger partial charge in [-0.25, -0.2) is 0 Å². The molecule has 1 aromatic rings. The van der Waals surface area contributed by atoms with Crippen molar-refractivity contribution in [3.63, 3.8) is 0 Å². The number of nitrogens with two attached hydrogens (primary N) is 1. The third-order valence-electron chi connectivity index (χ3n) is 1.44. The molecule has 56 valence electrons. The van der Waals surface area contributed by atoms with E-state index in [9.17, 15) is 0 Å². The lowest BCUT2D eigenvalue weighted by Gasteiger charge is -1.99. The maximum atomic E-state index is 8.36. The molecule has 0 fully saturated rings. The highest BCUT2D eigenvalue weighted by atomic mass is 14.7. The maximum absolute atomic E-state index is 8.36. The van der Waals surface area contributed by atoms with Crippen LogP contribution in [0.15, 0.2) is 12.1 Å². The van der Waals surface area contributed by atoms with E-state index in [2.05, 4.69) is 4.98 Å². The summed E-state index contributed by atoms with van der Waals surface area (Å²) in [6, 6.07) is 5.57. The molecule has 0 aliphatic rings. The van der Waals surface area contributed by atoms with E-state index in [1.807, 2.05) is 13.0 Å². The molecule has 0 unspecified atom stereocenters. The van der Waals surface area contributed by atoms with Gasteiger partial charge in [0.1, 0.15) is 0 Å². The van der Waals surface area contributed by atoms with Crippen LogP contribution in [0, 0.1) is 18.3 Å². The van der Waals surface area contributed by atoms with Crippen molar-refractivity contribution in [1.82, 2.24) is 4.98 Å². The maximum Gasteiger partial charge on any atom is 0.0774 e. The number of pyridine rings is 1. The van der Waals surface area contributed by atoms with Gasteiger partial charge >= 0.3 is 0 Å². The Labute approximate surface area is 65.5 Å². The summed E-state index contributed by atoms with van der Waals surface area (Å²) in [4.78, 5) is 4.11. The lowest BCUT2D eigenvalue weighted by Crippen LogP contribution is -1.96. The number of nitrogen functional groups attached to an aromatic ring is 1. The van der Waals surface area contributed by atoms with Gasteiger partial charge in [-0.15, -0.1) is 0 Å². The first-order chi connectivity index (χ1) is 5.24. The highest BCUT2D eigenvalue weighted by Gasteiger charge is 1.96. The number of nitrogens with zero attached hydrogens (tertiary/aromatic N) is 2. The normalized spacial score (nSPS) is 9.09. The minimum atomic E-state index is 0.348. The van der Waals surface area contributed by atoms with Crippen LogP contribution in [0.2, 0.25) is 0 Å². The van der Waals surface area contributed by atoms with Crippen LogP contribution < -0.4 is 5.73 Å². The number of nitriles is 1. The van der Waals surface area contributed by atoms with Crippen molar-refractivity contribution in [2.45, 2.75) is 13.3 Å². The second-order valence-electron chi connectivity index (χ2n) is 2.31. The number of anilines is 1. The summed E-state index contributed by atoms with van der Waals surface area (Å²) >= 11 is 0. The number of rotatable bonds is 1. The molecular formula is C8H9N3. The van der Waals surface area contributed by atoms with E-state index in [-0.39, 0.29) is 0 Å². The van der Waals surface area contributed by atoms with Crippen molar-refractivity contribution in [2.24, 2.45) is 0 Å². The van der Waals surface area contributed by atoms with Crippen LogP contribution in [-0.2, 0) is 6.42 Å². The van der Waals surface area contributed by atoms with Crippen LogP contribution in [0.5, 0.6) is 0 Å². The molecule has 0 saturated carbocycles. The molecule has 0 saturated heterocycles. The fourth-order valence-corrected chi connectivity index (χ4v) is 0.803. The summed E-state index contributed by atoms with van der Waals surface area (Å²) < 4.78 is 0. The molecule has 1 heterocycles. The molecule has 0 aliphatic heterocycles. The minimum absolute atomic E-state index is 0.348. The van der Waals surface area contributed by atoms with Crippen LogP contribution >= 0.6 is 0 Å². The van der Waals surface area contributed by atoms with Gasteiger partial charge in [-0.05, 0) is 19.1 Å². The van der Waals surface area contributed by atoms with Gasteiger partial charge in [-0.3, -0.25) is 4.98 Å². The lowest BCUT2D eigenvalue weighted by atomic mass is 10.2. The third kappa shape index (κ3) is 1.68. The summed E-state index contributed by atoms with van der Waals surface area (Å²) in [6.07, 6.45) is 0.348. The molecule has 11 heavy (non-hydrogen) atoms. The summed E-state index contributed by atoms with van der Waals surface area (Å²) in [5.74, 6) is 0. The summed E-state index contributed by atoms with van der Waals surface area (Å²) in [7, 11) is 0. The van der Waals surface area contributed by atoms with E-state index in [0.29, 0.717) is 12.1 Å². The minimum Gasteiger partial charge on any atom is -0.397 e. The number of hydrogen-bond acceptors (Lipinski definition) is 3. The van der Waals surface area contributed by atoms with Crippen LogP contribution in [0.3, 0.4) is 0 Å². The van der Waals surface area contributed by atoms with Crippen molar-refractivity contribution in [1.29, 1.82) is 5.26 Å². The standard InChI is InChI=1S/C8H9N3/c1-6-8(10)3-2-7(11-6)4-5-9/h2-3H,4,10H2,1H3. The molecular weight excluding hydrogens is 138 g/mol. The number of aromatic nitrogens is 1. The van der Waals surface area contributed by atoms with E-state index >= 15 is 0 Å². The first-order valence-electron chi connectivity index (χ1n) is 3.33. The molecule has 0 aliphatic carbocycles. The Bertz CT molecular complexity index is 299. The van der Waals surface area contributed by atoms with Crippen LogP contribution in [-0.4, -0.2) is 4.98 Å². The number of hydrogen-bond donors (Lipinski definition) is 1. The molecule has 0 radical (unpaired) electrons. The molecule has 0 bridgehead atoms. The molecule has 3 nitrogen and oxygen atoms in total. The smallest absolute Gasteiger partial charge is 0.0774 e. The SMILES string of the molecule is Cc1nc(CC#N)ccc1N. The molecule has 0 aromatic carbocycles. The Balaban J connectivity index is 2.98. The Morgan fingerprint density at radius 1 is 1.64 bits per heavy atom. The third-order valence-corrected chi connectivity index (χ3v) is 1.44. The Hall–Kier alpha value is -1.56. The predicted octanol–water partition coefficient (Wildman–Crippen LogP) is 1.04. The molecule has 0 amide bonds. The van der Waals surface area contributed by atoms with Crippen LogP contribution in [0.1, 0.15) is 11.4 Å². The van der Waals surface area contributed by atoms with Gasteiger partial charge in [0, 0.05) is 0 Å². The largest absolute Gasteiger partial charge is 0.397 e. The van der Waals surface area contributed by atoms with Crippen molar-refractivity contribution >= 4 is 5.69 Å². The molecule has 1 aromatic heterocycles. The quantitative estimate of drug-likeness (QED) is 0.645. The Morgan fingerprint density at radius 3 is 2.91 bits per heavy atom. The van der Waals surface area contributed by atoms with Crippen LogP contribution in [0.25, 0.3) is 0 Å². The van der Waals surface area contributed by atoms with E-state index < -0.39 is 0 Å². The first-order valence-corrected chi connectivity index (χ1v) is 3.33. The second-order valence-corrected chi connectivity index (χ2v) is 2.31. The predicted molar refractivity (Wildman–Crippen MR) is 42.7 cm³/mol. The van der Waals surface area contributed by atoms with Gasteiger partial charge in [0.05, 0.1) is 29.6 Å². The highest BCUT2D eigenvalue weighted by molar-refractivity contribution is 5.42. The average Bonchev–Trinajstić information content (AvgIpc) is 1.98. The van der Waals surface area contributed by atoms with E-state index in [1.165, 1.54) is 0 Å². The fourth-order valence-electron chi connectivity index (χ4n) is 0.803. The number of aryl methyl sites for hydroxylation is 1. The zero-order valence-corrected chi connectivity index (χ0v) is 6.33. The molecule has 2 N–H and O–H groups in total. The summed E-state index contributed by atoms with van der Waals surface area (Å²) in [5, 5.41) is 8.36. The summed E-state index contributed by atoms with van der Waals surface area (Å²) in [6.45, 7) is 1.83. The summed E-state index contributed by atoms with van der Waals surface area (Å²) in [5.41, 5.74) is 7.78. The lowest BCUT2D eigenvalue weighted by molar-refractivity contribution is 1.07. The highest BCUT2D eigenvalue weighted by Crippen LogP contribution is 2.07. The zero-order chi connectivity index (χ0) is 8.27.